The van der Waals surface area contributed by atoms with Crippen molar-refractivity contribution in [2.24, 2.45) is 0 Å². The molecule has 22 heavy (non-hydrogen) atoms. The Balaban J connectivity index is 2.07. The van der Waals surface area contributed by atoms with Crippen LogP contribution < -0.4 is 5.32 Å². The summed E-state index contributed by atoms with van der Waals surface area (Å²) in [5.74, 6) is -0.244. The first-order valence-corrected chi connectivity index (χ1v) is 7.19. The molecule has 0 fully saturated rings. The molecule has 2 rings (SSSR count). The molecule has 0 aliphatic heterocycles. The summed E-state index contributed by atoms with van der Waals surface area (Å²) in [6, 6.07) is 13.7. The number of anilines is 1. The Hall–Kier alpha value is -2.17. The standard InChI is InChI=1S/C17H17ClN2O2/c1-20(2)11-16(21)12-7-9-13(10-8-12)19-17(22)14-5-3-4-6-15(14)18/h3-10H,11H2,1-2H3,(H,19,22). The molecular formula is C17H17ClN2O2. The first kappa shape index (κ1) is 16.2. The van der Waals surface area contributed by atoms with Gasteiger partial charge in [0.05, 0.1) is 17.1 Å². The van der Waals surface area contributed by atoms with E-state index in [-0.39, 0.29) is 11.7 Å². The highest BCUT2D eigenvalue weighted by molar-refractivity contribution is 6.34. The van der Waals surface area contributed by atoms with Crippen LogP contribution in [0.5, 0.6) is 0 Å². The molecule has 0 bridgehead atoms. The number of carbonyl (C=O) groups is 2. The van der Waals surface area contributed by atoms with Crippen LogP contribution in [0.2, 0.25) is 5.02 Å². The molecule has 0 spiro atoms. The zero-order chi connectivity index (χ0) is 16.1. The number of ketones is 1. The van der Waals surface area contributed by atoms with Crippen molar-refractivity contribution in [1.82, 2.24) is 4.90 Å². The highest BCUT2D eigenvalue weighted by Crippen LogP contribution is 2.17. The van der Waals surface area contributed by atoms with Gasteiger partial charge in [-0.2, -0.15) is 0 Å². The number of carbonyl (C=O) groups excluding carboxylic acids is 2. The van der Waals surface area contributed by atoms with Crippen LogP contribution in [-0.2, 0) is 0 Å². The van der Waals surface area contributed by atoms with Crippen molar-refractivity contribution in [2.45, 2.75) is 0 Å². The van der Waals surface area contributed by atoms with Crippen LogP contribution in [0.15, 0.2) is 48.5 Å². The lowest BCUT2D eigenvalue weighted by molar-refractivity contribution is 0.0957. The maximum atomic E-state index is 12.1. The van der Waals surface area contributed by atoms with E-state index < -0.39 is 0 Å². The lowest BCUT2D eigenvalue weighted by Gasteiger charge is -2.10. The first-order chi connectivity index (χ1) is 10.5. The van der Waals surface area contributed by atoms with Gasteiger partial charge in [-0.3, -0.25) is 9.59 Å². The molecule has 0 saturated carbocycles. The van der Waals surface area contributed by atoms with E-state index in [1.807, 2.05) is 19.0 Å². The predicted octanol–water partition coefficient (Wildman–Crippen LogP) is 3.34. The van der Waals surface area contributed by atoms with Gasteiger partial charge < -0.3 is 10.2 Å². The number of benzene rings is 2. The lowest BCUT2D eigenvalue weighted by atomic mass is 10.1. The SMILES string of the molecule is CN(C)CC(=O)c1ccc(NC(=O)c2ccccc2Cl)cc1. The van der Waals surface area contributed by atoms with Gasteiger partial charge in [0.25, 0.3) is 5.91 Å². The molecule has 0 aromatic heterocycles. The van der Waals surface area contributed by atoms with E-state index in [0.717, 1.165) is 0 Å². The number of halogens is 1. The minimum atomic E-state index is -0.280. The topological polar surface area (TPSA) is 49.4 Å². The second-order valence-electron chi connectivity index (χ2n) is 5.17. The van der Waals surface area contributed by atoms with Crippen LogP contribution in [0.25, 0.3) is 0 Å². The monoisotopic (exact) mass is 316 g/mol. The maximum absolute atomic E-state index is 12.1. The molecule has 1 amide bonds. The van der Waals surface area contributed by atoms with Crippen LogP contribution in [0.1, 0.15) is 20.7 Å². The van der Waals surface area contributed by atoms with Crippen molar-refractivity contribution < 1.29 is 9.59 Å². The Bertz CT molecular complexity index is 681. The number of nitrogens with one attached hydrogen (secondary N) is 1. The second-order valence-corrected chi connectivity index (χ2v) is 5.58. The molecule has 0 atom stereocenters. The van der Waals surface area contributed by atoms with Gasteiger partial charge in [0, 0.05) is 11.3 Å². The van der Waals surface area contributed by atoms with E-state index in [4.69, 9.17) is 11.6 Å². The van der Waals surface area contributed by atoms with E-state index >= 15 is 0 Å². The van der Waals surface area contributed by atoms with E-state index in [2.05, 4.69) is 5.32 Å². The fourth-order valence-electron chi connectivity index (χ4n) is 1.96. The van der Waals surface area contributed by atoms with Gasteiger partial charge in [0.1, 0.15) is 0 Å². The average Bonchev–Trinajstić information content (AvgIpc) is 2.47. The summed E-state index contributed by atoms with van der Waals surface area (Å²) in [6.45, 7) is 0.353. The summed E-state index contributed by atoms with van der Waals surface area (Å²) in [7, 11) is 3.69. The molecule has 114 valence electrons. The van der Waals surface area contributed by atoms with Crippen molar-refractivity contribution in [3.05, 3.63) is 64.7 Å². The fraction of sp³-hybridized carbons (Fsp3) is 0.176. The Morgan fingerprint density at radius 2 is 1.68 bits per heavy atom. The number of hydrogen-bond acceptors (Lipinski definition) is 3. The first-order valence-electron chi connectivity index (χ1n) is 6.81. The highest BCUT2D eigenvalue weighted by atomic mass is 35.5. The zero-order valence-electron chi connectivity index (χ0n) is 12.5. The van der Waals surface area contributed by atoms with E-state index in [1.165, 1.54) is 0 Å². The molecule has 0 saturated heterocycles. The van der Waals surface area contributed by atoms with Gasteiger partial charge in [-0.1, -0.05) is 23.7 Å². The van der Waals surface area contributed by atoms with Crippen molar-refractivity contribution in [3.63, 3.8) is 0 Å². The number of rotatable bonds is 5. The quantitative estimate of drug-likeness (QED) is 0.861. The van der Waals surface area contributed by atoms with Gasteiger partial charge in [-0.25, -0.2) is 0 Å². The van der Waals surface area contributed by atoms with Crippen molar-refractivity contribution in [1.29, 1.82) is 0 Å². The molecular weight excluding hydrogens is 300 g/mol. The molecule has 0 unspecified atom stereocenters. The fourth-order valence-corrected chi connectivity index (χ4v) is 2.18. The van der Waals surface area contributed by atoms with Crippen LogP contribution in [0, 0.1) is 0 Å². The Morgan fingerprint density at radius 1 is 1.05 bits per heavy atom. The summed E-state index contributed by atoms with van der Waals surface area (Å²) in [6.07, 6.45) is 0. The maximum Gasteiger partial charge on any atom is 0.257 e. The zero-order valence-corrected chi connectivity index (χ0v) is 13.2. The van der Waals surface area contributed by atoms with E-state index in [0.29, 0.717) is 28.4 Å². The minimum Gasteiger partial charge on any atom is -0.322 e. The summed E-state index contributed by atoms with van der Waals surface area (Å²) in [4.78, 5) is 25.9. The molecule has 0 aliphatic carbocycles. The number of likely N-dealkylation sites (N-methyl/N-ethyl adjacent to an activating group) is 1. The van der Waals surface area contributed by atoms with E-state index in [9.17, 15) is 9.59 Å². The molecule has 4 nitrogen and oxygen atoms in total. The predicted molar refractivity (Wildman–Crippen MR) is 88.7 cm³/mol. The molecule has 0 radical (unpaired) electrons. The average molecular weight is 317 g/mol. The third-order valence-electron chi connectivity index (χ3n) is 3.04. The molecule has 5 heteroatoms. The summed E-state index contributed by atoms with van der Waals surface area (Å²) in [5, 5.41) is 3.16. The summed E-state index contributed by atoms with van der Waals surface area (Å²) in [5.41, 5.74) is 1.65. The van der Waals surface area contributed by atoms with Gasteiger partial charge in [-0.15, -0.1) is 0 Å². The highest BCUT2D eigenvalue weighted by Gasteiger charge is 2.11. The number of amides is 1. The Labute approximate surface area is 134 Å². The van der Waals surface area contributed by atoms with E-state index in [1.54, 1.807) is 48.5 Å². The van der Waals surface area contributed by atoms with Crippen molar-refractivity contribution in [2.75, 3.05) is 26.0 Å². The van der Waals surface area contributed by atoms with Crippen LogP contribution in [-0.4, -0.2) is 37.2 Å². The van der Waals surface area contributed by atoms with Gasteiger partial charge in [0.2, 0.25) is 0 Å². The molecule has 1 N–H and O–H groups in total. The van der Waals surface area contributed by atoms with Gasteiger partial charge in [-0.05, 0) is 50.5 Å². The van der Waals surface area contributed by atoms with Crippen LogP contribution >= 0.6 is 11.6 Å². The smallest absolute Gasteiger partial charge is 0.257 e. The molecule has 0 heterocycles. The Kier molecular flexibility index (Phi) is 5.31. The van der Waals surface area contributed by atoms with Crippen LogP contribution in [0.3, 0.4) is 0 Å². The third kappa shape index (κ3) is 4.16. The lowest BCUT2D eigenvalue weighted by Crippen LogP contribution is -2.21. The number of Topliss-reactive ketones (excluding diaryl/α,β-unsaturated/α-hetero) is 1. The normalized spacial score (nSPS) is 10.5. The Morgan fingerprint density at radius 3 is 2.27 bits per heavy atom. The third-order valence-corrected chi connectivity index (χ3v) is 3.37. The second kappa shape index (κ2) is 7.20. The molecule has 2 aromatic carbocycles. The molecule has 2 aromatic rings. The minimum absolute atomic E-state index is 0.0361. The molecule has 0 aliphatic rings. The van der Waals surface area contributed by atoms with Crippen LogP contribution in [0.4, 0.5) is 5.69 Å². The number of hydrogen-bond donors (Lipinski definition) is 1. The van der Waals surface area contributed by atoms with Gasteiger partial charge >= 0.3 is 0 Å². The van der Waals surface area contributed by atoms with Gasteiger partial charge in [0.15, 0.2) is 5.78 Å². The van der Waals surface area contributed by atoms with Crippen molar-refractivity contribution in [3.8, 4) is 0 Å². The van der Waals surface area contributed by atoms with Crippen molar-refractivity contribution >= 4 is 29.0 Å². The summed E-state index contributed by atoms with van der Waals surface area (Å²) < 4.78 is 0. The number of nitrogens with zero attached hydrogens (tertiary/aromatic N) is 1. The largest absolute Gasteiger partial charge is 0.322 e. The summed E-state index contributed by atoms with van der Waals surface area (Å²) >= 11 is 5.99.